The highest BCUT2D eigenvalue weighted by molar-refractivity contribution is 5.91. The molecule has 47 heavy (non-hydrogen) atoms. The molecule has 0 spiro atoms. The van der Waals surface area contributed by atoms with Crippen LogP contribution < -0.4 is 14.2 Å². The predicted molar refractivity (Wildman–Crippen MR) is 153 cm³/mol. The van der Waals surface area contributed by atoms with Gasteiger partial charge in [0.1, 0.15) is 48.8 Å². The van der Waals surface area contributed by atoms with Gasteiger partial charge in [0.25, 0.3) is 0 Å². The second kappa shape index (κ2) is 14.0. The zero-order valence-electron chi connectivity index (χ0n) is 26.1. The van der Waals surface area contributed by atoms with E-state index < -0.39 is 104 Å². The highest BCUT2D eigenvalue weighted by Crippen LogP contribution is 2.48. The molecular formula is C30H42O17. The number of rotatable bonds is 9. The van der Waals surface area contributed by atoms with Crippen LogP contribution in [0.5, 0.6) is 17.2 Å². The van der Waals surface area contributed by atoms with Crippen molar-refractivity contribution in [2.75, 3.05) is 20.8 Å². The molecule has 1 aromatic rings. The van der Waals surface area contributed by atoms with Gasteiger partial charge < -0.3 is 78.7 Å². The Morgan fingerprint density at radius 3 is 2.13 bits per heavy atom. The number of aliphatic hydroxyl groups is 8. The number of methoxy groups -OCH3 is 2. The Balaban J connectivity index is 1.32. The highest BCUT2D eigenvalue weighted by atomic mass is 16.8. The van der Waals surface area contributed by atoms with E-state index in [1.54, 1.807) is 6.08 Å². The van der Waals surface area contributed by atoms with E-state index in [9.17, 15) is 45.6 Å². The third kappa shape index (κ3) is 6.75. The quantitative estimate of drug-likeness (QED) is 0.126. The Hall–Kier alpha value is -2.81. The minimum absolute atomic E-state index is 0.00406. The molecule has 1 aliphatic carbocycles. The summed E-state index contributed by atoms with van der Waals surface area (Å²) in [6, 6.07) is 2.61. The van der Waals surface area contributed by atoms with Crippen molar-refractivity contribution in [1.29, 1.82) is 0 Å². The zero-order chi connectivity index (χ0) is 34.4. The van der Waals surface area contributed by atoms with Crippen LogP contribution in [-0.2, 0) is 23.7 Å². The molecule has 264 valence electrons. The van der Waals surface area contributed by atoms with Crippen LogP contribution in [0.3, 0.4) is 0 Å². The third-order valence-electron chi connectivity index (χ3n) is 9.10. The van der Waals surface area contributed by atoms with Crippen molar-refractivity contribution < 1.29 is 83.5 Å². The molecule has 17 nitrogen and oxygen atoms in total. The number of benzene rings is 1. The summed E-state index contributed by atoms with van der Waals surface area (Å²) in [5, 5.41) is 82.2. The van der Waals surface area contributed by atoms with Crippen molar-refractivity contribution in [2.45, 2.75) is 99.7 Å². The monoisotopic (exact) mass is 674 g/mol. The Morgan fingerprint density at radius 1 is 0.894 bits per heavy atom. The van der Waals surface area contributed by atoms with Crippen LogP contribution in [-0.4, -0.2) is 147 Å². The van der Waals surface area contributed by atoms with Gasteiger partial charge in [-0.3, -0.25) is 0 Å². The summed E-state index contributed by atoms with van der Waals surface area (Å²) in [5.74, 6) is -2.38. The number of fused-ring (bicyclic) bond motifs is 1. The minimum atomic E-state index is -1.70. The Labute approximate surface area is 269 Å². The number of hydrogen-bond acceptors (Lipinski definition) is 17. The van der Waals surface area contributed by atoms with E-state index >= 15 is 0 Å². The first-order valence-electron chi connectivity index (χ1n) is 15.1. The largest absolute Gasteiger partial charge is 0.493 e. The minimum Gasteiger partial charge on any atom is -0.493 e. The molecule has 3 aliphatic heterocycles. The summed E-state index contributed by atoms with van der Waals surface area (Å²) >= 11 is 0. The maximum absolute atomic E-state index is 13.5. The van der Waals surface area contributed by atoms with Crippen molar-refractivity contribution in [2.24, 2.45) is 11.8 Å². The van der Waals surface area contributed by atoms with Gasteiger partial charge in [0, 0.05) is 12.3 Å². The SMILES string of the molecule is COc1cc(C(=O)O[C@@H]2C[C@](C)(O)[C@H]3[C@H](O[C@@H]4O[C@H](CO)[C@@H](O)[C@H](O)[C@H]4O)OC=C[C@H]32)cc(OC)c1O[C@@H]1O[C@H](C)[C@@H](O)[C@H](O)[C@@H]1O. The van der Waals surface area contributed by atoms with Crippen LogP contribution in [0.2, 0.25) is 0 Å². The van der Waals surface area contributed by atoms with Crippen LogP contribution >= 0.6 is 0 Å². The molecule has 0 aromatic heterocycles. The van der Waals surface area contributed by atoms with Crippen molar-refractivity contribution in [1.82, 2.24) is 0 Å². The molecule has 0 bridgehead atoms. The molecule has 0 unspecified atom stereocenters. The molecule has 3 heterocycles. The first kappa shape index (κ1) is 35.5. The first-order chi connectivity index (χ1) is 22.2. The van der Waals surface area contributed by atoms with Gasteiger partial charge in [-0.2, -0.15) is 0 Å². The molecule has 2 saturated heterocycles. The molecule has 1 saturated carbocycles. The molecule has 1 aromatic carbocycles. The topological polar surface area (TPSA) is 253 Å². The molecule has 0 amide bonds. The van der Waals surface area contributed by atoms with E-state index in [0.29, 0.717) is 0 Å². The number of esters is 1. The lowest BCUT2D eigenvalue weighted by Gasteiger charge is -2.43. The van der Waals surface area contributed by atoms with Crippen LogP contribution in [0.1, 0.15) is 30.6 Å². The molecule has 8 N–H and O–H groups in total. The van der Waals surface area contributed by atoms with Crippen molar-refractivity contribution >= 4 is 5.97 Å². The molecular weight excluding hydrogens is 632 g/mol. The maximum atomic E-state index is 13.5. The van der Waals surface area contributed by atoms with E-state index in [4.69, 9.17) is 37.9 Å². The van der Waals surface area contributed by atoms with Gasteiger partial charge in [-0.15, -0.1) is 0 Å². The average Bonchev–Trinajstić information content (AvgIpc) is 3.32. The normalized spacial score (nSPS) is 43.1. The summed E-state index contributed by atoms with van der Waals surface area (Å²) in [5.41, 5.74) is -1.55. The van der Waals surface area contributed by atoms with Gasteiger partial charge in [-0.05, 0) is 32.1 Å². The fraction of sp³-hybridized carbons (Fsp3) is 0.700. The molecule has 0 radical (unpaired) electrons. The van der Waals surface area contributed by atoms with Gasteiger partial charge >= 0.3 is 5.97 Å². The second-order valence-corrected chi connectivity index (χ2v) is 12.3. The van der Waals surface area contributed by atoms with Gasteiger partial charge in [-0.25, -0.2) is 4.79 Å². The average molecular weight is 675 g/mol. The van der Waals surface area contributed by atoms with E-state index in [1.165, 1.54) is 46.5 Å². The lowest BCUT2D eigenvalue weighted by Crippen LogP contribution is -2.60. The predicted octanol–water partition coefficient (Wildman–Crippen LogP) is -2.49. The van der Waals surface area contributed by atoms with Crippen molar-refractivity contribution in [3.05, 3.63) is 30.0 Å². The summed E-state index contributed by atoms with van der Waals surface area (Å²) < 4.78 is 44.8. The summed E-state index contributed by atoms with van der Waals surface area (Å²) in [6.45, 7) is 2.33. The Kier molecular flexibility index (Phi) is 10.5. The molecule has 4 aliphatic rings. The number of carbonyl (C=O) groups is 1. The second-order valence-electron chi connectivity index (χ2n) is 12.3. The molecule has 5 rings (SSSR count). The van der Waals surface area contributed by atoms with Crippen molar-refractivity contribution in [3.63, 3.8) is 0 Å². The van der Waals surface area contributed by atoms with Gasteiger partial charge in [0.15, 0.2) is 17.8 Å². The molecule has 15 atom stereocenters. The summed E-state index contributed by atoms with van der Waals surface area (Å²) in [7, 11) is 2.61. The number of hydrogen-bond donors (Lipinski definition) is 8. The lowest BCUT2D eigenvalue weighted by molar-refractivity contribution is -0.346. The number of aliphatic hydroxyl groups excluding tert-OH is 7. The Bertz CT molecular complexity index is 1260. The fourth-order valence-electron chi connectivity index (χ4n) is 6.44. The van der Waals surface area contributed by atoms with Gasteiger partial charge in [-0.1, -0.05) is 0 Å². The smallest absolute Gasteiger partial charge is 0.338 e. The van der Waals surface area contributed by atoms with E-state index in [-0.39, 0.29) is 29.2 Å². The van der Waals surface area contributed by atoms with Crippen LogP contribution in [0.15, 0.2) is 24.5 Å². The van der Waals surface area contributed by atoms with E-state index in [0.717, 1.165) is 0 Å². The van der Waals surface area contributed by atoms with E-state index in [1.807, 2.05) is 0 Å². The maximum Gasteiger partial charge on any atom is 0.338 e. The van der Waals surface area contributed by atoms with Crippen LogP contribution in [0, 0.1) is 11.8 Å². The standard InChI is InChI=1S/C30H42O17/c1-11-19(32)21(34)23(36)28(43-11)46-25-14(40-3)7-12(8-15(25)41-4)26(38)44-16-9-30(2,39)18-13(16)5-6-42-27(18)47-29-24(37)22(35)20(33)17(10-31)45-29/h5-8,11,13,16-24,27-29,31-37,39H,9-10H2,1-4H3/t11-,13+,16-,17-,18-,19-,20-,21+,22+,23+,24-,27+,28+,29+,30+/m1/s1. The summed E-state index contributed by atoms with van der Waals surface area (Å²) in [4.78, 5) is 13.5. The summed E-state index contributed by atoms with van der Waals surface area (Å²) in [6.07, 6.45) is -13.9. The third-order valence-corrected chi connectivity index (χ3v) is 9.10. The van der Waals surface area contributed by atoms with Gasteiger partial charge in [0.2, 0.25) is 18.3 Å². The lowest BCUT2D eigenvalue weighted by atomic mass is 9.85. The highest BCUT2D eigenvalue weighted by Gasteiger charge is 2.58. The molecule has 17 heteroatoms. The van der Waals surface area contributed by atoms with E-state index in [2.05, 4.69) is 0 Å². The number of ether oxygens (including phenoxy) is 8. The Morgan fingerprint density at radius 2 is 1.51 bits per heavy atom. The first-order valence-corrected chi connectivity index (χ1v) is 15.1. The van der Waals surface area contributed by atoms with Gasteiger partial charge in [0.05, 0.1) is 50.3 Å². The number of carbonyl (C=O) groups excluding carboxylic acids is 1. The fourth-order valence-corrected chi connectivity index (χ4v) is 6.44. The van der Waals surface area contributed by atoms with Crippen molar-refractivity contribution in [3.8, 4) is 17.2 Å². The zero-order valence-corrected chi connectivity index (χ0v) is 26.1. The molecule has 3 fully saturated rings. The van der Waals surface area contributed by atoms with Crippen LogP contribution in [0.25, 0.3) is 0 Å². The van der Waals surface area contributed by atoms with Crippen LogP contribution in [0.4, 0.5) is 0 Å².